The summed E-state index contributed by atoms with van der Waals surface area (Å²) in [5.41, 5.74) is 0. The molecule has 0 aromatic carbocycles. The van der Waals surface area contributed by atoms with E-state index in [0.717, 1.165) is 25.9 Å². The Morgan fingerprint density at radius 3 is 3.00 bits per heavy atom. The molecule has 6 nitrogen and oxygen atoms in total. The minimum Gasteiger partial charge on any atom is -0.377 e. The molecular weight excluding hydrogens is 246 g/mol. The highest BCUT2D eigenvalue weighted by Gasteiger charge is 2.32. The zero-order chi connectivity index (χ0) is 13.7. The molecule has 108 valence electrons. The molecule has 0 spiro atoms. The van der Waals surface area contributed by atoms with Crippen molar-refractivity contribution in [3.05, 3.63) is 0 Å². The third kappa shape index (κ3) is 3.67. The Balaban J connectivity index is 1.85. The summed E-state index contributed by atoms with van der Waals surface area (Å²) in [5, 5.41) is 5.90. The third-order valence-corrected chi connectivity index (χ3v) is 3.93. The number of ether oxygens (including phenoxy) is 1. The number of hydrogen-bond donors (Lipinski definition) is 2. The molecule has 2 fully saturated rings. The van der Waals surface area contributed by atoms with E-state index in [0.29, 0.717) is 32.1 Å². The van der Waals surface area contributed by atoms with Crippen LogP contribution in [0.5, 0.6) is 0 Å². The molecule has 19 heavy (non-hydrogen) atoms. The van der Waals surface area contributed by atoms with Crippen LogP contribution in [0, 0.1) is 5.92 Å². The molecule has 0 aromatic rings. The van der Waals surface area contributed by atoms with Crippen LogP contribution in [0.25, 0.3) is 0 Å². The number of amides is 2. The lowest BCUT2D eigenvalue weighted by atomic mass is 10.0. The van der Waals surface area contributed by atoms with Gasteiger partial charge >= 0.3 is 0 Å². The predicted octanol–water partition coefficient (Wildman–Crippen LogP) is -0.650. The number of hydrogen-bond acceptors (Lipinski definition) is 4. The zero-order valence-electron chi connectivity index (χ0n) is 11.5. The molecule has 0 saturated carbocycles. The van der Waals surface area contributed by atoms with E-state index >= 15 is 0 Å². The van der Waals surface area contributed by atoms with Crippen LogP contribution in [0.2, 0.25) is 0 Å². The fourth-order valence-electron chi connectivity index (χ4n) is 2.72. The minimum atomic E-state index is -0.465. The van der Waals surface area contributed by atoms with Gasteiger partial charge in [0.2, 0.25) is 11.8 Å². The first-order valence-corrected chi connectivity index (χ1v) is 7.02. The fourth-order valence-corrected chi connectivity index (χ4v) is 2.72. The number of carbonyl (C=O) groups is 2. The summed E-state index contributed by atoms with van der Waals surface area (Å²) >= 11 is 0. The van der Waals surface area contributed by atoms with Gasteiger partial charge in [0.25, 0.3) is 0 Å². The summed E-state index contributed by atoms with van der Waals surface area (Å²) < 4.78 is 5.30. The largest absolute Gasteiger partial charge is 0.377 e. The molecular formula is C13H23N3O3. The van der Waals surface area contributed by atoms with Gasteiger partial charge in [0.05, 0.1) is 13.2 Å². The maximum Gasteiger partial charge on any atom is 0.244 e. The van der Waals surface area contributed by atoms with Gasteiger partial charge in [0.15, 0.2) is 0 Å². The second-order valence-electron chi connectivity index (χ2n) is 5.19. The quantitative estimate of drug-likeness (QED) is 0.711. The van der Waals surface area contributed by atoms with Crippen LogP contribution in [0.15, 0.2) is 0 Å². The molecule has 2 rings (SSSR count). The molecule has 2 unspecified atom stereocenters. The molecule has 0 aliphatic carbocycles. The molecule has 2 atom stereocenters. The molecule has 2 amide bonds. The Labute approximate surface area is 113 Å². The van der Waals surface area contributed by atoms with Gasteiger partial charge in [-0.25, -0.2) is 0 Å². The summed E-state index contributed by atoms with van der Waals surface area (Å²) in [6.07, 6.45) is 2.58. The fraction of sp³-hybridized carbons (Fsp3) is 0.846. The third-order valence-electron chi connectivity index (χ3n) is 3.93. The van der Waals surface area contributed by atoms with Crippen LogP contribution in [0.4, 0.5) is 0 Å². The highest BCUT2D eigenvalue weighted by molar-refractivity contribution is 5.87. The number of likely N-dealkylation sites (N-methyl/N-ethyl adjacent to an activating group) is 1. The molecule has 2 N–H and O–H groups in total. The number of nitrogens with one attached hydrogen (secondary N) is 2. The van der Waals surface area contributed by atoms with Gasteiger partial charge in [0, 0.05) is 20.0 Å². The Morgan fingerprint density at radius 1 is 1.47 bits per heavy atom. The molecule has 0 radical (unpaired) electrons. The lowest BCUT2D eigenvalue weighted by Gasteiger charge is -2.34. The molecule has 2 aliphatic heterocycles. The number of carbonyl (C=O) groups excluding carboxylic acids is 2. The monoisotopic (exact) mass is 269 g/mol. The zero-order valence-corrected chi connectivity index (χ0v) is 11.5. The van der Waals surface area contributed by atoms with Crippen LogP contribution in [0.3, 0.4) is 0 Å². The first kappa shape index (κ1) is 14.3. The molecule has 0 bridgehead atoms. The SMILES string of the molecule is CNC(=O)C1COCCN1C(=O)CCC1CCNC1. The van der Waals surface area contributed by atoms with Crippen LogP contribution in [-0.4, -0.2) is 62.7 Å². The van der Waals surface area contributed by atoms with Crippen molar-refractivity contribution in [3.8, 4) is 0 Å². The van der Waals surface area contributed by atoms with E-state index in [4.69, 9.17) is 4.74 Å². The van der Waals surface area contributed by atoms with Crippen molar-refractivity contribution >= 4 is 11.8 Å². The predicted molar refractivity (Wildman–Crippen MR) is 70.6 cm³/mol. The van der Waals surface area contributed by atoms with Crippen LogP contribution in [0.1, 0.15) is 19.3 Å². The van der Waals surface area contributed by atoms with Crippen LogP contribution in [-0.2, 0) is 14.3 Å². The summed E-state index contributed by atoms with van der Waals surface area (Å²) in [5.74, 6) is 0.530. The van der Waals surface area contributed by atoms with Crippen molar-refractivity contribution in [2.75, 3.05) is 39.9 Å². The Hall–Kier alpha value is -1.14. The lowest BCUT2D eigenvalue weighted by molar-refractivity contribution is -0.148. The average molecular weight is 269 g/mol. The Bertz CT molecular complexity index is 329. The van der Waals surface area contributed by atoms with Gasteiger partial charge in [0.1, 0.15) is 6.04 Å². The maximum absolute atomic E-state index is 12.3. The second-order valence-corrected chi connectivity index (χ2v) is 5.19. The van der Waals surface area contributed by atoms with Gasteiger partial charge < -0.3 is 20.3 Å². The van der Waals surface area contributed by atoms with Gasteiger partial charge in [-0.15, -0.1) is 0 Å². The normalized spacial score (nSPS) is 27.3. The topological polar surface area (TPSA) is 70.7 Å². The van der Waals surface area contributed by atoms with E-state index in [1.807, 2.05) is 0 Å². The molecule has 6 heteroatoms. The van der Waals surface area contributed by atoms with E-state index in [2.05, 4.69) is 10.6 Å². The Kier molecular flexibility index (Phi) is 5.15. The van der Waals surface area contributed by atoms with E-state index in [1.54, 1.807) is 11.9 Å². The van der Waals surface area contributed by atoms with Gasteiger partial charge in [-0.3, -0.25) is 9.59 Å². The summed E-state index contributed by atoms with van der Waals surface area (Å²) in [7, 11) is 1.59. The van der Waals surface area contributed by atoms with E-state index in [9.17, 15) is 9.59 Å². The lowest BCUT2D eigenvalue weighted by Crippen LogP contribution is -2.55. The van der Waals surface area contributed by atoms with Crippen molar-refractivity contribution in [1.29, 1.82) is 0 Å². The van der Waals surface area contributed by atoms with Crippen LogP contribution >= 0.6 is 0 Å². The first-order chi connectivity index (χ1) is 9.22. The molecule has 2 saturated heterocycles. The van der Waals surface area contributed by atoms with Gasteiger partial charge in [-0.2, -0.15) is 0 Å². The van der Waals surface area contributed by atoms with Crippen molar-refractivity contribution in [2.24, 2.45) is 5.92 Å². The van der Waals surface area contributed by atoms with Crippen molar-refractivity contribution < 1.29 is 14.3 Å². The van der Waals surface area contributed by atoms with Crippen molar-refractivity contribution in [2.45, 2.75) is 25.3 Å². The minimum absolute atomic E-state index is 0.0730. The number of nitrogens with zero attached hydrogens (tertiary/aromatic N) is 1. The van der Waals surface area contributed by atoms with Crippen molar-refractivity contribution in [3.63, 3.8) is 0 Å². The molecule has 2 aliphatic rings. The van der Waals surface area contributed by atoms with Gasteiger partial charge in [-0.05, 0) is 31.8 Å². The van der Waals surface area contributed by atoms with E-state index in [1.165, 1.54) is 0 Å². The van der Waals surface area contributed by atoms with E-state index < -0.39 is 6.04 Å². The standard InChI is InChI=1S/C13H23N3O3/c1-14-13(18)11-9-19-7-6-16(11)12(17)3-2-10-4-5-15-8-10/h10-11,15H,2-9H2,1H3,(H,14,18). The first-order valence-electron chi connectivity index (χ1n) is 7.02. The summed E-state index contributed by atoms with van der Waals surface area (Å²) in [4.78, 5) is 25.7. The average Bonchev–Trinajstić information content (AvgIpc) is 2.97. The Morgan fingerprint density at radius 2 is 2.32 bits per heavy atom. The number of rotatable bonds is 4. The van der Waals surface area contributed by atoms with Crippen molar-refractivity contribution in [1.82, 2.24) is 15.5 Å². The highest BCUT2D eigenvalue weighted by atomic mass is 16.5. The molecule has 2 heterocycles. The summed E-state index contributed by atoms with van der Waals surface area (Å²) in [6.45, 7) is 3.40. The van der Waals surface area contributed by atoms with Gasteiger partial charge in [-0.1, -0.05) is 0 Å². The summed E-state index contributed by atoms with van der Waals surface area (Å²) in [6, 6.07) is -0.465. The second kappa shape index (κ2) is 6.86. The maximum atomic E-state index is 12.3. The smallest absolute Gasteiger partial charge is 0.244 e. The van der Waals surface area contributed by atoms with Crippen LogP contribution < -0.4 is 10.6 Å². The highest BCUT2D eigenvalue weighted by Crippen LogP contribution is 2.17. The molecule has 0 aromatic heterocycles. The van der Waals surface area contributed by atoms with E-state index in [-0.39, 0.29) is 11.8 Å². The number of morpholine rings is 1.